The number of likely N-dealkylation sites (tertiary alicyclic amines) is 1. The van der Waals surface area contributed by atoms with Gasteiger partial charge in [0, 0.05) is 26.3 Å². The average molecular weight is 287 g/mol. The molecule has 0 saturated carbocycles. The second-order valence-electron chi connectivity index (χ2n) is 4.97. The molecule has 0 unspecified atom stereocenters. The Hall–Kier alpha value is -1.07. The summed E-state index contributed by atoms with van der Waals surface area (Å²) in [5.74, 6) is 0.870. The van der Waals surface area contributed by atoms with Crippen LogP contribution in [0.2, 0.25) is 0 Å². The van der Waals surface area contributed by atoms with Crippen LogP contribution in [-0.4, -0.2) is 47.3 Å². The summed E-state index contributed by atoms with van der Waals surface area (Å²) >= 11 is 0. The summed E-state index contributed by atoms with van der Waals surface area (Å²) in [7, 11) is 3.80. The van der Waals surface area contributed by atoms with E-state index >= 15 is 0 Å². The van der Waals surface area contributed by atoms with Gasteiger partial charge in [0.15, 0.2) is 0 Å². The van der Waals surface area contributed by atoms with E-state index in [1.54, 1.807) is 16.9 Å². The minimum Gasteiger partial charge on any atom is -0.337 e. The number of nitrogens with zero attached hydrogens (tertiary/aromatic N) is 3. The first-order valence-corrected chi connectivity index (χ1v) is 6.64. The van der Waals surface area contributed by atoms with Crippen LogP contribution in [0, 0.1) is 5.92 Å². The first kappa shape index (κ1) is 16.0. The van der Waals surface area contributed by atoms with Crippen molar-refractivity contribution in [2.75, 3.05) is 26.7 Å². The van der Waals surface area contributed by atoms with Crippen molar-refractivity contribution < 1.29 is 4.79 Å². The molecule has 1 amide bonds. The van der Waals surface area contributed by atoms with E-state index in [2.05, 4.69) is 10.4 Å². The van der Waals surface area contributed by atoms with Crippen molar-refractivity contribution in [3.63, 3.8) is 0 Å². The topological polar surface area (TPSA) is 50.2 Å². The van der Waals surface area contributed by atoms with Crippen LogP contribution in [0.3, 0.4) is 0 Å². The van der Waals surface area contributed by atoms with E-state index in [0.29, 0.717) is 5.69 Å². The Balaban J connectivity index is 0.00000180. The quantitative estimate of drug-likeness (QED) is 0.908. The number of nitrogens with one attached hydrogen (secondary N) is 1. The number of amides is 1. The number of halogens is 1. The third-order valence-corrected chi connectivity index (χ3v) is 3.74. The molecule has 1 saturated heterocycles. The molecule has 6 heteroatoms. The number of carbonyl (C=O) groups is 1. The van der Waals surface area contributed by atoms with Gasteiger partial charge < -0.3 is 10.2 Å². The normalized spacial score (nSPS) is 16.2. The van der Waals surface area contributed by atoms with Gasteiger partial charge in [-0.3, -0.25) is 9.48 Å². The van der Waals surface area contributed by atoms with Gasteiger partial charge in [0.05, 0.1) is 0 Å². The molecular formula is C13H23ClN4O. The lowest BCUT2D eigenvalue weighted by atomic mass is 9.93. The van der Waals surface area contributed by atoms with Crippen molar-refractivity contribution in [3.8, 4) is 0 Å². The highest BCUT2D eigenvalue weighted by Gasteiger charge is 2.24. The highest BCUT2D eigenvalue weighted by molar-refractivity contribution is 5.92. The molecule has 0 spiro atoms. The van der Waals surface area contributed by atoms with Crippen molar-refractivity contribution in [2.45, 2.75) is 19.3 Å². The smallest absolute Gasteiger partial charge is 0.272 e. The van der Waals surface area contributed by atoms with Gasteiger partial charge in [-0.15, -0.1) is 12.4 Å². The van der Waals surface area contributed by atoms with Crippen LogP contribution in [0.5, 0.6) is 0 Å². The zero-order valence-corrected chi connectivity index (χ0v) is 12.4. The van der Waals surface area contributed by atoms with E-state index in [4.69, 9.17) is 0 Å². The highest BCUT2D eigenvalue weighted by Crippen LogP contribution is 2.21. The lowest BCUT2D eigenvalue weighted by Gasteiger charge is -2.32. The Morgan fingerprint density at radius 1 is 1.47 bits per heavy atom. The highest BCUT2D eigenvalue weighted by atomic mass is 35.5. The van der Waals surface area contributed by atoms with E-state index in [1.165, 1.54) is 6.42 Å². The minimum atomic E-state index is 0. The largest absolute Gasteiger partial charge is 0.337 e. The van der Waals surface area contributed by atoms with Gasteiger partial charge in [-0.1, -0.05) is 0 Å². The number of hydrogen-bond donors (Lipinski definition) is 1. The first-order valence-electron chi connectivity index (χ1n) is 6.64. The van der Waals surface area contributed by atoms with Crippen LogP contribution in [0.1, 0.15) is 29.8 Å². The number of aryl methyl sites for hydroxylation is 1. The molecule has 1 aromatic rings. The summed E-state index contributed by atoms with van der Waals surface area (Å²) < 4.78 is 1.65. The second-order valence-corrected chi connectivity index (χ2v) is 4.97. The molecule has 0 bridgehead atoms. The summed E-state index contributed by atoms with van der Waals surface area (Å²) in [6.07, 6.45) is 5.12. The predicted molar refractivity (Wildman–Crippen MR) is 77.6 cm³/mol. The number of rotatable bonds is 4. The van der Waals surface area contributed by atoms with Crippen molar-refractivity contribution in [1.82, 2.24) is 20.0 Å². The van der Waals surface area contributed by atoms with Gasteiger partial charge >= 0.3 is 0 Å². The van der Waals surface area contributed by atoms with E-state index in [0.717, 1.165) is 38.4 Å². The van der Waals surface area contributed by atoms with Gasteiger partial charge in [-0.2, -0.15) is 5.10 Å². The molecule has 0 atom stereocenters. The van der Waals surface area contributed by atoms with Gasteiger partial charge in [-0.25, -0.2) is 0 Å². The Labute approximate surface area is 120 Å². The van der Waals surface area contributed by atoms with Crippen molar-refractivity contribution in [2.24, 2.45) is 13.0 Å². The fraction of sp³-hybridized carbons (Fsp3) is 0.692. The van der Waals surface area contributed by atoms with Crippen molar-refractivity contribution in [3.05, 3.63) is 18.0 Å². The number of aromatic nitrogens is 2. The Morgan fingerprint density at radius 2 is 2.16 bits per heavy atom. The van der Waals surface area contributed by atoms with Gasteiger partial charge in [0.25, 0.3) is 5.91 Å². The molecule has 108 valence electrons. The van der Waals surface area contributed by atoms with Crippen LogP contribution in [-0.2, 0) is 7.05 Å². The van der Waals surface area contributed by atoms with E-state index in [-0.39, 0.29) is 18.3 Å². The lowest BCUT2D eigenvalue weighted by molar-refractivity contribution is 0.0676. The first-order chi connectivity index (χ1) is 8.72. The Bertz CT molecular complexity index is 399. The molecule has 2 rings (SSSR count). The summed E-state index contributed by atoms with van der Waals surface area (Å²) in [5, 5.41) is 7.24. The van der Waals surface area contributed by atoms with Crippen LogP contribution >= 0.6 is 12.4 Å². The summed E-state index contributed by atoms with van der Waals surface area (Å²) in [6.45, 7) is 2.82. The monoisotopic (exact) mass is 286 g/mol. The lowest BCUT2D eigenvalue weighted by Crippen LogP contribution is -2.39. The van der Waals surface area contributed by atoms with Crippen LogP contribution < -0.4 is 5.32 Å². The SMILES string of the molecule is CNCCC1CCN(C(=O)c2ccnn2C)CC1.Cl. The molecule has 2 heterocycles. The van der Waals surface area contributed by atoms with E-state index in [9.17, 15) is 4.79 Å². The molecule has 1 aliphatic heterocycles. The zero-order valence-electron chi connectivity index (χ0n) is 11.6. The maximum absolute atomic E-state index is 12.3. The van der Waals surface area contributed by atoms with Crippen LogP contribution in [0.25, 0.3) is 0 Å². The van der Waals surface area contributed by atoms with Crippen LogP contribution in [0.4, 0.5) is 0 Å². The molecule has 0 aromatic carbocycles. The molecule has 19 heavy (non-hydrogen) atoms. The molecule has 0 radical (unpaired) electrons. The second kappa shape index (κ2) is 7.50. The number of carbonyl (C=O) groups excluding carboxylic acids is 1. The van der Waals surface area contributed by atoms with Gasteiger partial charge in [0.1, 0.15) is 5.69 Å². The maximum Gasteiger partial charge on any atom is 0.272 e. The molecule has 1 fully saturated rings. The van der Waals surface area contributed by atoms with E-state index in [1.807, 2.05) is 19.0 Å². The average Bonchev–Trinajstić information content (AvgIpc) is 2.82. The predicted octanol–water partition coefficient (Wildman–Crippen LogP) is 1.30. The third-order valence-electron chi connectivity index (χ3n) is 3.74. The zero-order chi connectivity index (χ0) is 13.0. The number of hydrogen-bond acceptors (Lipinski definition) is 3. The molecular weight excluding hydrogens is 264 g/mol. The van der Waals surface area contributed by atoms with Gasteiger partial charge in [-0.05, 0) is 44.8 Å². The molecule has 1 aliphatic rings. The fourth-order valence-electron chi connectivity index (χ4n) is 2.52. The molecule has 1 aromatic heterocycles. The third kappa shape index (κ3) is 3.94. The fourth-order valence-corrected chi connectivity index (χ4v) is 2.52. The van der Waals surface area contributed by atoms with Crippen molar-refractivity contribution >= 4 is 18.3 Å². The summed E-state index contributed by atoms with van der Waals surface area (Å²) in [5.41, 5.74) is 0.684. The minimum absolute atomic E-state index is 0. The number of piperidine rings is 1. The standard InChI is InChI=1S/C13H22N4O.ClH/c1-14-7-3-11-5-9-17(10-6-11)13(18)12-4-8-15-16(12)2;/h4,8,11,14H,3,5-7,9-10H2,1-2H3;1H. The Kier molecular flexibility index (Phi) is 6.31. The van der Waals surface area contributed by atoms with Crippen LogP contribution in [0.15, 0.2) is 12.3 Å². The molecule has 0 aliphatic carbocycles. The summed E-state index contributed by atoms with van der Waals surface area (Å²) in [6, 6.07) is 1.79. The Morgan fingerprint density at radius 3 is 2.68 bits per heavy atom. The van der Waals surface area contributed by atoms with Crippen molar-refractivity contribution in [1.29, 1.82) is 0 Å². The van der Waals surface area contributed by atoms with E-state index < -0.39 is 0 Å². The van der Waals surface area contributed by atoms with Gasteiger partial charge in [0.2, 0.25) is 0 Å². The molecule has 1 N–H and O–H groups in total. The molecule has 5 nitrogen and oxygen atoms in total. The maximum atomic E-state index is 12.3. The summed E-state index contributed by atoms with van der Waals surface area (Å²) in [4.78, 5) is 14.2.